The van der Waals surface area contributed by atoms with Crippen LogP contribution in [0.5, 0.6) is 0 Å². The Balaban J connectivity index is 2.32. The van der Waals surface area contributed by atoms with E-state index in [2.05, 4.69) is 13.0 Å². The second-order valence-electron chi connectivity index (χ2n) is 4.85. The van der Waals surface area contributed by atoms with Crippen LogP contribution in [-0.4, -0.2) is 0 Å². The fraction of sp³-hybridized carbons (Fsp3) is 0.923. The van der Waals surface area contributed by atoms with Crippen molar-refractivity contribution in [3.05, 3.63) is 0 Å². The lowest BCUT2D eigenvalue weighted by atomic mass is 9.94. The lowest BCUT2D eigenvalue weighted by Gasteiger charge is -2.10. The zero-order chi connectivity index (χ0) is 10.2. The van der Waals surface area contributed by atoms with Crippen molar-refractivity contribution >= 4 is 0 Å². The maximum absolute atomic E-state index is 8.96. The number of nitriles is 1. The van der Waals surface area contributed by atoms with Crippen LogP contribution in [0.25, 0.3) is 0 Å². The minimum atomic E-state index is 0.347. The number of nitrogens with zero attached hydrogens (tertiary/aromatic N) is 1. The molecule has 0 aromatic carbocycles. The van der Waals surface area contributed by atoms with Crippen LogP contribution < -0.4 is 0 Å². The number of rotatable bonds is 0. The van der Waals surface area contributed by atoms with Gasteiger partial charge in [-0.2, -0.15) is 5.26 Å². The molecule has 1 heteroatoms. The van der Waals surface area contributed by atoms with Crippen LogP contribution in [0.3, 0.4) is 0 Å². The average molecular weight is 193 g/mol. The SMILES string of the molecule is CC1CCCCCCC(C#N)CCC1. The van der Waals surface area contributed by atoms with Crippen molar-refractivity contribution in [1.29, 1.82) is 5.26 Å². The van der Waals surface area contributed by atoms with E-state index in [0.717, 1.165) is 18.8 Å². The molecule has 2 unspecified atom stereocenters. The molecule has 0 radical (unpaired) electrons. The Bertz CT molecular complexity index is 180. The van der Waals surface area contributed by atoms with Crippen LogP contribution in [0, 0.1) is 23.2 Å². The molecule has 1 aliphatic carbocycles. The van der Waals surface area contributed by atoms with Crippen LogP contribution >= 0.6 is 0 Å². The smallest absolute Gasteiger partial charge is 0.0655 e. The summed E-state index contributed by atoms with van der Waals surface area (Å²) in [6.45, 7) is 2.36. The first kappa shape index (κ1) is 11.6. The molecule has 0 heterocycles. The summed E-state index contributed by atoms with van der Waals surface area (Å²) >= 11 is 0. The summed E-state index contributed by atoms with van der Waals surface area (Å²) in [5, 5.41) is 8.96. The van der Waals surface area contributed by atoms with Crippen molar-refractivity contribution in [1.82, 2.24) is 0 Å². The first-order valence-electron chi connectivity index (χ1n) is 6.22. The standard InChI is InChI=1S/C13H23N/c1-12-7-4-2-3-5-9-13(11-14)10-6-8-12/h12-13H,2-10H2,1H3. The van der Waals surface area contributed by atoms with E-state index < -0.39 is 0 Å². The minimum absolute atomic E-state index is 0.347. The summed E-state index contributed by atoms with van der Waals surface area (Å²) < 4.78 is 0. The number of hydrogen-bond acceptors (Lipinski definition) is 1. The highest BCUT2D eigenvalue weighted by molar-refractivity contribution is 4.82. The molecule has 2 atom stereocenters. The molecule has 0 N–H and O–H groups in total. The molecule has 0 saturated heterocycles. The molecule has 80 valence electrons. The summed E-state index contributed by atoms with van der Waals surface area (Å²) in [4.78, 5) is 0. The molecule has 1 fully saturated rings. The van der Waals surface area contributed by atoms with Crippen molar-refractivity contribution < 1.29 is 0 Å². The molecule has 14 heavy (non-hydrogen) atoms. The zero-order valence-electron chi connectivity index (χ0n) is 9.47. The van der Waals surface area contributed by atoms with Gasteiger partial charge in [-0.3, -0.25) is 0 Å². The van der Waals surface area contributed by atoms with E-state index in [1.54, 1.807) is 0 Å². The zero-order valence-corrected chi connectivity index (χ0v) is 9.47. The summed E-state index contributed by atoms with van der Waals surface area (Å²) in [6.07, 6.45) is 11.7. The maximum Gasteiger partial charge on any atom is 0.0655 e. The highest BCUT2D eigenvalue weighted by atomic mass is 14.3. The molecule has 1 saturated carbocycles. The van der Waals surface area contributed by atoms with Crippen molar-refractivity contribution in [3.63, 3.8) is 0 Å². The maximum atomic E-state index is 8.96. The molecule has 1 rings (SSSR count). The minimum Gasteiger partial charge on any atom is -0.198 e. The second-order valence-corrected chi connectivity index (χ2v) is 4.85. The fourth-order valence-electron chi connectivity index (χ4n) is 2.37. The molecule has 0 aromatic rings. The van der Waals surface area contributed by atoms with Gasteiger partial charge in [0.1, 0.15) is 0 Å². The van der Waals surface area contributed by atoms with Crippen molar-refractivity contribution in [2.24, 2.45) is 11.8 Å². The summed E-state index contributed by atoms with van der Waals surface area (Å²) in [6, 6.07) is 2.46. The Hall–Kier alpha value is -0.510. The van der Waals surface area contributed by atoms with Crippen LogP contribution in [0.4, 0.5) is 0 Å². The van der Waals surface area contributed by atoms with Crippen LogP contribution in [-0.2, 0) is 0 Å². The predicted octanol–water partition coefficient (Wildman–Crippen LogP) is 4.29. The van der Waals surface area contributed by atoms with E-state index in [0.29, 0.717) is 5.92 Å². The van der Waals surface area contributed by atoms with Gasteiger partial charge in [-0.25, -0.2) is 0 Å². The van der Waals surface area contributed by atoms with Crippen molar-refractivity contribution in [2.75, 3.05) is 0 Å². The summed E-state index contributed by atoms with van der Waals surface area (Å²) in [5.74, 6) is 1.23. The third-order valence-electron chi connectivity index (χ3n) is 3.43. The molecule has 0 spiro atoms. The van der Waals surface area contributed by atoms with Gasteiger partial charge in [0, 0.05) is 5.92 Å². The predicted molar refractivity (Wildman–Crippen MR) is 59.8 cm³/mol. The molecule has 1 aliphatic rings. The quantitative estimate of drug-likeness (QED) is 0.563. The summed E-state index contributed by atoms with van der Waals surface area (Å²) in [7, 11) is 0. The van der Waals surface area contributed by atoms with Gasteiger partial charge in [-0.15, -0.1) is 0 Å². The lowest BCUT2D eigenvalue weighted by Crippen LogP contribution is -1.99. The molecule has 0 aliphatic heterocycles. The van der Waals surface area contributed by atoms with Gasteiger partial charge in [0.15, 0.2) is 0 Å². The third-order valence-corrected chi connectivity index (χ3v) is 3.43. The highest BCUT2D eigenvalue weighted by Crippen LogP contribution is 2.23. The van der Waals surface area contributed by atoms with Gasteiger partial charge < -0.3 is 0 Å². The lowest BCUT2D eigenvalue weighted by molar-refractivity contribution is 0.435. The molecule has 0 bridgehead atoms. The Morgan fingerprint density at radius 2 is 1.43 bits per heavy atom. The first-order valence-corrected chi connectivity index (χ1v) is 6.22. The van der Waals surface area contributed by atoms with E-state index in [4.69, 9.17) is 5.26 Å². The van der Waals surface area contributed by atoms with E-state index in [1.807, 2.05) is 0 Å². The largest absolute Gasteiger partial charge is 0.198 e. The van der Waals surface area contributed by atoms with Crippen molar-refractivity contribution in [2.45, 2.75) is 64.7 Å². The van der Waals surface area contributed by atoms with Crippen LogP contribution in [0.1, 0.15) is 64.7 Å². The third kappa shape index (κ3) is 4.65. The van der Waals surface area contributed by atoms with Gasteiger partial charge in [0.25, 0.3) is 0 Å². The van der Waals surface area contributed by atoms with Crippen LogP contribution in [0.15, 0.2) is 0 Å². The van der Waals surface area contributed by atoms with Gasteiger partial charge >= 0.3 is 0 Å². The monoisotopic (exact) mass is 193 g/mol. The molecule has 1 nitrogen and oxygen atoms in total. The Labute approximate surface area is 88.5 Å². The van der Waals surface area contributed by atoms with E-state index in [1.165, 1.54) is 44.9 Å². The Kier molecular flexibility index (Phi) is 5.68. The number of hydrogen-bond donors (Lipinski definition) is 0. The summed E-state index contributed by atoms with van der Waals surface area (Å²) in [5.41, 5.74) is 0. The van der Waals surface area contributed by atoms with Crippen molar-refractivity contribution in [3.8, 4) is 6.07 Å². The van der Waals surface area contributed by atoms with E-state index in [-0.39, 0.29) is 0 Å². The van der Waals surface area contributed by atoms with Gasteiger partial charge in [-0.1, -0.05) is 51.9 Å². The molecule has 0 aromatic heterocycles. The van der Waals surface area contributed by atoms with Crippen LogP contribution in [0.2, 0.25) is 0 Å². The second kappa shape index (κ2) is 6.87. The average Bonchev–Trinajstić information content (AvgIpc) is 2.23. The van der Waals surface area contributed by atoms with Gasteiger partial charge in [-0.05, 0) is 18.8 Å². The normalized spacial score (nSPS) is 31.4. The first-order chi connectivity index (χ1) is 6.83. The Morgan fingerprint density at radius 3 is 2.14 bits per heavy atom. The van der Waals surface area contributed by atoms with Gasteiger partial charge in [0.2, 0.25) is 0 Å². The highest BCUT2D eigenvalue weighted by Gasteiger charge is 2.10. The molecular formula is C13H23N. The topological polar surface area (TPSA) is 23.8 Å². The fourth-order valence-corrected chi connectivity index (χ4v) is 2.37. The molecular weight excluding hydrogens is 170 g/mol. The molecule has 0 amide bonds. The van der Waals surface area contributed by atoms with E-state index >= 15 is 0 Å². The van der Waals surface area contributed by atoms with E-state index in [9.17, 15) is 0 Å². The van der Waals surface area contributed by atoms with Gasteiger partial charge in [0.05, 0.1) is 6.07 Å². The Morgan fingerprint density at radius 1 is 0.857 bits per heavy atom.